The van der Waals surface area contributed by atoms with Crippen LogP contribution in [-0.4, -0.2) is 41.3 Å². The van der Waals surface area contributed by atoms with Crippen LogP contribution in [-0.2, 0) is 9.59 Å². The first-order chi connectivity index (χ1) is 10.8. The molecular weight excluding hydrogens is 376 g/mol. The molecule has 1 unspecified atom stereocenters. The molecular formula is C17H25BrN2O2S. The predicted octanol–water partition coefficient (Wildman–Crippen LogP) is 4.01. The summed E-state index contributed by atoms with van der Waals surface area (Å²) < 4.78 is 0.916. The van der Waals surface area contributed by atoms with Crippen molar-refractivity contribution in [3.63, 3.8) is 0 Å². The van der Waals surface area contributed by atoms with E-state index < -0.39 is 0 Å². The van der Waals surface area contributed by atoms with Crippen LogP contribution in [0.1, 0.15) is 27.2 Å². The Morgan fingerprint density at radius 1 is 1.26 bits per heavy atom. The van der Waals surface area contributed by atoms with Crippen LogP contribution in [0.3, 0.4) is 0 Å². The SMILES string of the molecule is CC(C)CC(C)N(C)C(=O)CSCC(=O)Nc1cccc(Br)c1. The van der Waals surface area contributed by atoms with E-state index >= 15 is 0 Å². The zero-order chi connectivity index (χ0) is 17.4. The van der Waals surface area contributed by atoms with E-state index in [1.165, 1.54) is 11.8 Å². The summed E-state index contributed by atoms with van der Waals surface area (Å²) in [6.45, 7) is 6.36. The lowest BCUT2D eigenvalue weighted by Gasteiger charge is -2.26. The maximum atomic E-state index is 12.1. The molecule has 1 aromatic rings. The highest BCUT2D eigenvalue weighted by Crippen LogP contribution is 2.16. The van der Waals surface area contributed by atoms with Gasteiger partial charge >= 0.3 is 0 Å². The summed E-state index contributed by atoms with van der Waals surface area (Å²) in [5, 5.41) is 2.82. The van der Waals surface area contributed by atoms with Gasteiger partial charge in [0.1, 0.15) is 0 Å². The number of rotatable bonds is 8. The Bertz CT molecular complexity index is 537. The van der Waals surface area contributed by atoms with Crippen molar-refractivity contribution in [1.29, 1.82) is 0 Å². The molecule has 0 aliphatic rings. The van der Waals surface area contributed by atoms with Crippen molar-refractivity contribution in [2.75, 3.05) is 23.9 Å². The van der Waals surface area contributed by atoms with Crippen LogP contribution in [0.2, 0.25) is 0 Å². The highest BCUT2D eigenvalue weighted by Gasteiger charge is 2.17. The number of nitrogens with one attached hydrogen (secondary N) is 1. The van der Waals surface area contributed by atoms with E-state index in [9.17, 15) is 9.59 Å². The Labute approximate surface area is 151 Å². The molecule has 0 aliphatic carbocycles. The summed E-state index contributed by atoms with van der Waals surface area (Å²) in [5.74, 6) is 1.12. The minimum Gasteiger partial charge on any atom is -0.342 e. The van der Waals surface area contributed by atoms with E-state index in [4.69, 9.17) is 0 Å². The van der Waals surface area contributed by atoms with Crippen molar-refractivity contribution in [3.8, 4) is 0 Å². The summed E-state index contributed by atoms with van der Waals surface area (Å²) in [6, 6.07) is 7.66. The van der Waals surface area contributed by atoms with Crippen molar-refractivity contribution in [1.82, 2.24) is 4.90 Å². The third-order valence-corrected chi connectivity index (χ3v) is 4.84. The highest BCUT2D eigenvalue weighted by atomic mass is 79.9. The van der Waals surface area contributed by atoms with Crippen molar-refractivity contribution < 1.29 is 9.59 Å². The van der Waals surface area contributed by atoms with Crippen LogP contribution in [0.4, 0.5) is 5.69 Å². The fourth-order valence-corrected chi connectivity index (χ4v) is 3.32. The van der Waals surface area contributed by atoms with Crippen molar-refractivity contribution in [2.24, 2.45) is 5.92 Å². The third-order valence-electron chi connectivity index (χ3n) is 3.43. The molecule has 0 aliphatic heterocycles. The van der Waals surface area contributed by atoms with Crippen molar-refractivity contribution >= 4 is 45.2 Å². The number of halogens is 1. The second-order valence-electron chi connectivity index (χ2n) is 6.03. The Balaban J connectivity index is 2.32. The van der Waals surface area contributed by atoms with Gasteiger partial charge < -0.3 is 10.2 Å². The molecule has 1 aromatic carbocycles. The molecule has 23 heavy (non-hydrogen) atoms. The average molecular weight is 401 g/mol. The number of carbonyl (C=O) groups excluding carboxylic acids is 2. The number of nitrogens with zero attached hydrogens (tertiary/aromatic N) is 1. The summed E-state index contributed by atoms with van der Waals surface area (Å²) in [4.78, 5) is 25.8. The number of anilines is 1. The Hall–Kier alpha value is -1.01. The zero-order valence-corrected chi connectivity index (χ0v) is 16.5. The fourth-order valence-electron chi connectivity index (χ4n) is 2.18. The van der Waals surface area contributed by atoms with Gasteiger partial charge in [0.15, 0.2) is 0 Å². The first kappa shape index (κ1) is 20.0. The summed E-state index contributed by atoms with van der Waals surface area (Å²) in [5.41, 5.74) is 0.749. The lowest BCUT2D eigenvalue weighted by molar-refractivity contribution is -0.129. The molecule has 0 fully saturated rings. The first-order valence-electron chi connectivity index (χ1n) is 7.68. The number of amides is 2. The molecule has 0 saturated carbocycles. The normalized spacial score (nSPS) is 12.1. The average Bonchev–Trinajstić information content (AvgIpc) is 2.45. The lowest BCUT2D eigenvalue weighted by atomic mass is 10.0. The summed E-state index contributed by atoms with van der Waals surface area (Å²) in [6.07, 6.45) is 0.982. The van der Waals surface area contributed by atoms with Gasteiger partial charge in [-0.2, -0.15) is 0 Å². The van der Waals surface area contributed by atoms with E-state index in [-0.39, 0.29) is 23.6 Å². The van der Waals surface area contributed by atoms with Crippen LogP contribution in [0.15, 0.2) is 28.7 Å². The van der Waals surface area contributed by atoms with Crippen molar-refractivity contribution in [3.05, 3.63) is 28.7 Å². The maximum Gasteiger partial charge on any atom is 0.234 e. The molecule has 0 bridgehead atoms. The van der Waals surface area contributed by atoms with E-state index in [2.05, 4.69) is 42.0 Å². The molecule has 1 rings (SSSR count). The minimum atomic E-state index is -0.0984. The van der Waals surface area contributed by atoms with Gasteiger partial charge in [0.2, 0.25) is 11.8 Å². The van der Waals surface area contributed by atoms with Crippen LogP contribution in [0, 0.1) is 5.92 Å². The van der Waals surface area contributed by atoms with Gasteiger partial charge in [0.05, 0.1) is 11.5 Å². The van der Waals surface area contributed by atoms with Gasteiger partial charge in [0.25, 0.3) is 0 Å². The first-order valence-corrected chi connectivity index (χ1v) is 9.63. The topological polar surface area (TPSA) is 49.4 Å². The van der Waals surface area contributed by atoms with E-state index in [0.29, 0.717) is 11.7 Å². The van der Waals surface area contributed by atoms with Crippen LogP contribution in [0.5, 0.6) is 0 Å². The number of hydrogen-bond donors (Lipinski definition) is 1. The number of thioether (sulfide) groups is 1. The van der Waals surface area contributed by atoms with Crippen LogP contribution < -0.4 is 5.32 Å². The number of carbonyl (C=O) groups is 2. The molecule has 6 heteroatoms. The molecule has 0 saturated heterocycles. The maximum absolute atomic E-state index is 12.1. The van der Waals surface area contributed by atoms with Gasteiger partial charge in [-0.05, 0) is 37.5 Å². The Morgan fingerprint density at radius 2 is 1.96 bits per heavy atom. The van der Waals surface area contributed by atoms with Gasteiger partial charge in [-0.15, -0.1) is 11.8 Å². The lowest BCUT2D eigenvalue weighted by Crippen LogP contribution is -2.37. The van der Waals surface area contributed by atoms with E-state index in [1.54, 1.807) is 4.90 Å². The Kier molecular flexibility index (Phi) is 8.69. The van der Waals surface area contributed by atoms with Gasteiger partial charge in [0, 0.05) is 23.2 Å². The molecule has 0 aromatic heterocycles. The predicted molar refractivity (Wildman–Crippen MR) is 102 cm³/mol. The standard InChI is InChI=1S/C17H25BrN2O2S/c1-12(2)8-13(3)20(4)17(22)11-23-10-16(21)19-15-7-5-6-14(18)9-15/h5-7,9,12-13H,8,10-11H2,1-4H3,(H,19,21). The molecule has 1 atom stereocenters. The van der Waals surface area contributed by atoms with Gasteiger partial charge in [-0.25, -0.2) is 0 Å². The second kappa shape index (κ2) is 9.98. The van der Waals surface area contributed by atoms with Crippen LogP contribution in [0.25, 0.3) is 0 Å². The zero-order valence-electron chi connectivity index (χ0n) is 14.1. The molecule has 2 amide bonds. The Morgan fingerprint density at radius 3 is 2.57 bits per heavy atom. The second-order valence-corrected chi connectivity index (χ2v) is 7.94. The van der Waals surface area contributed by atoms with Crippen LogP contribution >= 0.6 is 27.7 Å². The summed E-state index contributed by atoms with van der Waals surface area (Å²) in [7, 11) is 1.83. The fraction of sp³-hybridized carbons (Fsp3) is 0.529. The molecule has 0 spiro atoms. The van der Waals surface area contributed by atoms with E-state index in [1.807, 2.05) is 31.3 Å². The molecule has 0 radical (unpaired) electrons. The molecule has 1 N–H and O–H groups in total. The quantitative estimate of drug-likeness (QED) is 0.716. The molecule has 4 nitrogen and oxygen atoms in total. The monoisotopic (exact) mass is 400 g/mol. The van der Waals surface area contributed by atoms with Gasteiger partial charge in [-0.1, -0.05) is 35.8 Å². The molecule has 128 valence electrons. The summed E-state index contributed by atoms with van der Waals surface area (Å²) >= 11 is 4.71. The third kappa shape index (κ3) is 7.88. The molecule has 0 heterocycles. The highest BCUT2D eigenvalue weighted by molar-refractivity contribution is 9.10. The number of hydrogen-bond acceptors (Lipinski definition) is 3. The van der Waals surface area contributed by atoms with E-state index in [0.717, 1.165) is 16.6 Å². The van der Waals surface area contributed by atoms with Crippen molar-refractivity contribution in [2.45, 2.75) is 33.2 Å². The largest absolute Gasteiger partial charge is 0.342 e. The number of benzene rings is 1. The minimum absolute atomic E-state index is 0.0680. The van der Waals surface area contributed by atoms with Gasteiger partial charge in [-0.3, -0.25) is 9.59 Å². The smallest absolute Gasteiger partial charge is 0.234 e.